The van der Waals surface area contributed by atoms with E-state index < -0.39 is 0 Å². The molecule has 1 aromatic heterocycles. The molecule has 0 aliphatic rings. The van der Waals surface area contributed by atoms with Crippen molar-refractivity contribution in [3.05, 3.63) is 81.7 Å². The minimum Gasteiger partial charge on any atom is -0.497 e. The number of methoxy groups -OCH3 is 1. The maximum Gasteiger partial charge on any atom is 0.292 e. The fraction of sp³-hybridized carbons (Fsp3) is 0.238. The summed E-state index contributed by atoms with van der Waals surface area (Å²) in [6.07, 6.45) is 1.58. The topological polar surface area (TPSA) is 59.4 Å². The highest BCUT2D eigenvalue weighted by Gasteiger charge is 2.17. The molecule has 0 saturated heterocycles. The Labute approximate surface area is 169 Å². The number of hydrogen-bond donors (Lipinski definition) is 1. The van der Waals surface area contributed by atoms with Crippen LogP contribution in [0.3, 0.4) is 0 Å². The fourth-order valence-corrected chi connectivity index (χ4v) is 3.16. The van der Waals surface area contributed by atoms with Gasteiger partial charge in [0.2, 0.25) is 0 Å². The van der Waals surface area contributed by atoms with Crippen LogP contribution in [-0.4, -0.2) is 42.4 Å². The molecule has 146 valence electrons. The first-order valence-electron chi connectivity index (χ1n) is 8.88. The molecule has 0 radical (unpaired) electrons. The van der Waals surface area contributed by atoms with Crippen LogP contribution in [0.15, 0.2) is 65.6 Å². The monoisotopic (exact) mass is 398 g/mol. The minimum atomic E-state index is -0.361. The average Bonchev–Trinajstić information content (AvgIpc) is 2.72. The third kappa shape index (κ3) is 4.35. The molecule has 0 saturated carbocycles. The lowest BCUT2D eigenvalue weighted by Crippen LogP contribution is -2.28. The lowest BCUT2D eigenvalue weighted by atomic mass is 10.1. The Bertz CT molecular complexity index is 989. The molecule has 7 heteroatoms. The van der Waals surface area contributed by atoms with Crippen molar-refractivity contribution in [2.75, 3.05) is 33.1 Å². The Balaban J connectivity index is 1.82. The maximum atomic E-state index is 12.6. The summed E-state index contributed by atoms with van der Waals surface area (Å²) in [5.41, 5.74) is 1.91. The van der Waals surface area contributed by atoms with Crippen LogP contribution in [0.5, 0.6) is 5.75 Å². The molecule has 28 heavy (non-hydrogen) atoms. The maximum absolute atomic E-state index is 12.6. The Morgan fingerprint density at radius 2 is 1.93 bits per heavy atom. The van der Waals surface area contributed by atoms with Gasteiger partial charge in [-0.05, 0) is 43.9 Å². The van der Waals surface area contributed by atoms with Crippen molar-refractivity contribution in [2.24, 2.45) is 0 Å². The first kappa shape index (κ1) is 19.9. The highest BCUT2D eigenvalue weighted by Crippen LogP contribution is 2.24. The molecule has 0 amide bonds. The number of nitrogens with zero attached hydrogens (tertiary/aromatic N) is 3. The van der Waals surface area contributed by atoms with Gasteiger partial charge in [0.05, 0.1) is 30.7 Å². The predicted molar refractivity (Wildman–Crippen MR) is 113 cm³/mol. The van der Waals surface area contributed by atoms with Crippen molar-refractivity contribution < 1.29 is 4.74 Å². The van der Waals surface area contributed by atoms with Crippen molar-refractivity contribution in [1.82, 2.24) is 14.7 Å². The van der Waals surface area contributed by atoms with Gasteiger partial charge in [-0.25, -0.2) is 0 Å². The number of ether oxygens (including phenoxy) is 1. The van der Waals surface area contributed by atoms with E-state index in [2.05, 4.69) is 15.3 Å². The molecule has 1 N–H and O–H groups in total. The lowest BCUT2D eigenvalue weighted by Gasteiger charge is -2.26. The zero-order valence-electron chi connectivity index (χ0n) is 16.1. The van der Waals surface area contributed by atoms with Gasteiger partial charge in [-0.3, -0.25) is 4.79 Å². The number of halogens is 1. The van der Waals surface area contributed by atoms with Crippen LogP contribution in [-0.2, 0) is 0 Å². The normalized spacial score (nSPS) is 12.0. The molecular formula is C21H23ClN4O2. The molecule has 2 aromatic carbocycles. The molecule has 0 spiro atoms. The average molecular weight is 399 g/mol. The van der Waals surface area contributed by atoms with Crippen LogP contribution in [0, 0.1) is 0 Å². The Morgan fingerprint density at radius 1 is 1.18 bits per heavy atom. The highest BCUT2D eigenvalue weighted by molar-refractivity contribution is 6.32. The van der Waals surface area contributed by atoms with Crippen LogP contribution in [0.1, 0.15) is 11.6 Å². The summed E-state index contributed by atoms with van der Waals surface area (Å²) >= 11 is 6.34. The molecule has 6 nitrogen and oxygen atoms in total. The molecule has 1 unspecified atom stereocenters. The molecule has 0 aliphatic carbocycles. The zero-order valence-corrected chi connectivity index (χ0v) is 16.8. The van der Waals surface area contributed by atoms with E-state index in [1.807, 2.05) is 68.7 Å². The molecule has 0 fully saturated rings. The van der Waals surface area contributed by atoms with Crippen LogP contribution in [0.4, 0.5) is 5.69 Å². The standard InChI is InChI=1S/C21H23ClN4O2/c1-25(2)19(15-8-7-11-17(12-15)28-3)14-23-18-13-24-26(21(27)20(18)22)16-9-5-4-6-10-16/h4-13,19,23H,14H2,1-3H3. The van der Waals surface area contributed by atoms with Gasteiger partial charge in [-0.2, -0.15) is 9.78 Å². The second kappa shape index (κ2) is 8.91. The van der Waals surface area contributed by atoms with Crippen molar-refractivity contribution >= 4 is 17.3 Å². The predicted octanol–water partition coefficient (Wildman–Crippen LogP) is 3.61. The quantitative estimate of drug-likeness (QED) is 0.658. The lowest BCUT2D eigenvalue weighted by molar-refractivity contribution is 0.310. The highest BCUT2D eigenvalue weighted by atomic mass is 35.5. The van der Waals surface area contributed by atoms with E-state index in [-0.39, 0.29) is 16.6 Å². The number of para-hydroxylation sites is 1. The summed E-state index contributed by atoms with van der Waals surface area (Å²) in [5.74, 6) is 0.800. The molecule has 3 aromatic rings. The van der Waals surface area contributed by atoms with E-state index in [1.165, 1.54) is 4.68 Å². The minimum absolute atomic E-state index is 0.0581. The zero-order chi connectivity index (χ0) is 20.1. The number of anilines is 1. The van der Waals surface area contributed by atoms with Crippen molar-refractivity contribution in [3.63, 3.8) is 0 Å². The number of hydrogen-bond acceptors (Lipinski definition) is 5. The van der Waals surface area contributed by atoms with E-state index in [0.29, 0.717) is 17.9 Å². The molecule has 1 heterocycles. The number of benzene rings is 2. The third-order valence-electron chi connectivity index (χ3n) is 4.51. The summed E-state index contributed by atoms with van der Waals surface area (Å²) in [6, 6.07) is 17.2. The van der Waals surface area contributed by atoms with Gasteiger partial charge in [0, 0.05) is 6.54 Å². The van der Waals surface area contributed by atoms with Crippen LogP contribution < -0.4 is 15.6 Å². The van der Waals surface area contributed by atoms with Crippen LogP contribution in [0.2, 0.25) is 5.02 Å². The van der Waals surface area contributed by atoms with Gasteiger partial charge < -0.3 is 15.0 Å². The number of aromatic nitrogens is 2. The Hall–Kier alpha value is -2.83. The number of likely N-dealkylation sites (N-methyl/N-ethyl adjacent to an activating group) is 1. The largest absolute Gasteiger partial charge is 0.497 e. The summed E-state index contributed by atoms with van der Waals surface area (Å²) in [7, 11) is 5.65. The van der Waals surface area contributed by atoms with Crippen molar-refractivity contribution in [1.29, 1.82) is 0 Å². The summed E-state index contributed by atoms with van der Waals surface area (Å²) < 4.78 is 6.61. The summed E-state index contributed by atoms with van der Waals surface area (Å²) in [5, 5.41) is 7.63. The van der Waals surface area contributed by atoms with E-state index in [9.17, 15) is 4.79 Å². The van der Waals surface area contributed by atoms with Gasteiger partial charge in [0.15, 0.2) is 0 Å². The van der Waals surface area contributed by atoms with Gasteiger partial charge >= 0.3 is 0 Å². The van der Waals surface area contributed by atoms with E-state index >= 15 is 0 Å². The first-order chi connectivity index (χ1) is 13.5. The van der Waals surface area contributed by atoms with Crippen LogP contribution >= 0.6 is 11.6 Å². The van der Waals surface area contributed by atoms with Gasteiger partial charge in [0.25, 0.3) is 5.56 Å². The molecular weight excluding hydrogens is 376 g/mol. The van der Waals surface area contributed by atoms with Crippen molar-refractivity contribution in [2.45, 2.75) is 6.04 Å². The molecule has 0 aliphatic heterocycles. The van der Waals surface area contributed by atoms with Crippen LogP contribution in [0.25, 0.3) is 5.69 Å². The smallest absolute Gasteiger partial charge is 0.292 e. The fourth-order valence-electron chi connectivity index (χ4n) is 2.96. The Morgan fingerprint density at radius 3 is 2.61 bits per heavy atom. The Kier molecular flexibility index (Phi) is 6.34. The van der Waals surface area contributed by atoms with E-state index in [0.717, 1.165) is 11.3 Å². The second-order valence-corrected chi connectivity index (χ2v) is 6.94. The second-order valence-electron chi connectivity index (χ2n) is 6.56. The van der Waals surface area contributed by atoms with E-state index in [1.54, 1.807) is 13.3 Å². The third-order valence-corrected chi connectivity index (χ3v) is 4.87. The van der Waals surface area contributed by atoms with Gasteiger partial charge in [-0.1, -0.05) is 41.9 Å². The number of nitrogens with one attached hydrogen (secondary N) is 1. The van der Waals surface area contributed by atoms with Gasteiger partial charge in [-0.15, -0.1) is 0 Å². The number of rotatable bonds is 7. The molecule has 0 bridgehead atoms. The first-order valence-corrected chi connectivity index (χ1v) is 9.26. The van der Waals surface area contributed by atoms with E-state index in [4.69, 9.17) is 16.3 Å². The van der Waals surface area contributed by atoms with Crippen molar-refractivity contribution in [3.8, 4) is 11.4 Å². The SMILES string of the molecule is COc1cccc(C(CNc2cnn(-c3ccccc3)c(=O)c2Cl)N(C)C)c1. The summed E-state index contributed by atoms with van der Waals surface area (Å²) in [4.78, 5) is 14.7. The molecule has 1 atom stereocenters. The van der Waals surface area contributed by atoms with Gasteiger partial charge in [0.1, 0.15) is 10.8 Å². The summed E-state index contributed by atoms with van der Waals surface area (Å²) in [6.45, 7) is 0.552. The molecule has 3 rings (SSSR count).